The van der Waals surface area contributed by atoms with E-state index in [9.17, 15) is 4.79 Å². The van der Waals surface area contributed by atoms with Gasteiger partial charge in [-0.15, -0.1) is 0 Å². The third-order valence-electron chi connectivity index (χ3n) is 2.74. The molecule has 0 heterocycles. The summed E-state index contributed by atoms with van der Waals surface area (Å²) in [6.45, 7) is 2.07. The second kappa shape index (κ2) is 5.32. The highest BCUT2D eigenvalue weighted by Crippen LogP contribution is 2.20. The van der Waals surface area contributed by atoms with E-state index in [1.54, 1.807) is 6.08 Å². The van der Waals surface area contributed by atoms with Gasteiger partial charge in [0.15, 0.2) is 0 Å². The van der Waals surface area contributed by atoms with Gasteiger partial charge in [0, 0.05) is 6.08 Å². The zero-order valence-corrected chi connectivity index (χ0v) is 10.3. The molecule has 0 saturated carbocycles. The first-order chi connectivity index (χ1) is 8.65. The number of rotatable bonds is 3. The molecule has 0 aliphatic heterocycles. The van der Waals surface area contributed by atoms with Crippen molar-refractivity contribution in [3.63, 3.8) is 0 Å². The maximum atomic E-state index is 10.6. The van der Waals surface area contributed by atoms with E-state index in [2.05, 4.69) is 31.2 Å². The Bertz CT molecular complexity index is 565. The highest BCUT2D eigenvalue weighted by Gasteiger charge is 1.96. The molecular formula is C16H15NO. The summed E-state index contributed by atoms with van der Waals surface area (Å²) in [7, 11) is 0. The monoisotopic (exact) mass is 237 g/mol. The molecule has 0 unspecified atom stereocenters. The number of hydrogen-bond donors (Lipinski definition) is 1. The lowest BCUT2D eigenvalue weighted by atomic mass is 10.0. The summed E-state index contributed by atoms with van der Waals surface area (Å²) in [5.41, 5.74) is 9.61. The minimum atomic E-state index is -0.433. The minimum absolute atomic E-state index is 0.433. The van der Waals surface area contributed by atoms with Crippen LogP contribution in [0.4, 0.5) is 0 Å². The van der Waals surface area contributed by atoms with Crippen LogP contribution in [0.5, 0.6) is 0 Å². The first kappa shape index (κ1) is 12.1. The Hall–Kier alpha value is -2.35. The summed E-state index contributed by atoms with van der Waals surface area (Å²) in [5.74, 6) is -0.433. The van der Waals surface area contributed by atoms with Gasteiger partial charge in [-0.05, 0) is 29.7 Å². The van der Waals surface area contributed by atoms with E-state index in [-0.39, 0.29) is 0 Å². The Kier molecular flexibility index (Phi) is 3.58. The summed E-state index contributed by atoms with van der Waals surface area (Å²) >= 11 is 0. The van der Waals surface area contributed by atoms with Gasteiger partial charge in [-0.25, -0.2) is 0 Å². The highest BCUT2D eigenvalue weighted by atomic mass is 16.1. The Balaban J connectivity index is 2.22. The van der Waals surface area contributed by atoms with Crippen LogP contribution >= 0.6 is 0 Å². The lowest BCUT2D eigenvalue weighted by Gasteiger charge is -2.02. The van der Waals surface area contributed by atoms with Crippen molar-refractivity contribution in [2.45, 2.75) is 6.92 Å². The molecule has 18 heavy (non-hydrogen) atoms. The second-order valence-electron chi connectivity index (χ2n) is 4.22. The molecule has 0 aliphatic carbocycles. The van der Waals surface area contributed by atoms with Crippen LogP contribution in [0.1, 0.15) is 11.1 Å². The van der Waals surface area contributed by atoms with Crippen LogP contribution in [0.3, 0.4) is 0 Å². The molecule has 2 rings (SSSR count). The molecule has 0 aliphatic rings. The molecule has 0 bridgehead atoms. The number of amides is 1. The Morgan fingerprint density at radius 3 is 1.94 bits per heavy atom. The average Bonchev–Trinajstić information content (AvgIpc) is 2.38. The fraction of sp³-hybridized carbons (Fsp3) is 0.0625. The van der Waals surface area contributed by atoms with Crippen LogP contribution < -0.4 is 5.73 Å². The molecule has 2 N–H and O–H groups in total. The molecule has 0 radical (unpaired) electrons. The van der Waals surface area contributed by atoms with Gasteiger partial charge in [-0.2, -0.15) is 0 Å². The van der Waals surface area contributed by atoms with Crippen LogP contribution in [-0.4, -0.2) is 5.91 Å². The van der Waals surface area contributed by atoms with E-state index in [1.165, 1.54) is 17.2 Å². The minimum Gasteiger partial charge on any atom is -0.366 e. The number of nitrogens with two attached hydrogens (primary N) is 1. The summed E-state index contributed by atoms with van der Waals surface area (Å²) in [5, 5.41) is 0. The largest absolute Gasteiger partial charge is 0.366 e. The molecule has 0 saturated heterocycles. The second-order valence-corrected chi connectivity index (χ2v) is 4.22. The van der Waals surface area contributed by atoms with Crippen molar-refractivity contribution in [2.75, 3.05) is 0 Å². The molecule has 0 aromatic heterocycles. The maximum absolute atomic E-state index is 10.6. The maximum Gasteiger partial charge on any atom is 0.241 e. The van der Waals surface area contributed by atoms with Gasteiger partial charge in [0.2, 0.25) is 5.91 Å². The number of benzene rings is 2. The van der Waals surface area contributed by atoms with Crippen molar-refractivity contribution in [2.24, 2.45) is 5.73 Å². The standard InChI is InChI=1S/C16H15NO/c1-12-2-7-14(8-3-12)15-9-4-13(5-10-15)6-11-16(17)18/h2-11H,1H3,(H2,17,18)/b11-6-. The summed E-state index contributed by atoms with van der Waals surface area (Å²) in [4.78, 5) is 10.6. The van der Waals surface area contributed by atoms with Crippen LogP contribution in [0.25, 0.3) is 17.2 Å². The van der Waals surface area contributed by atoms with Gasteiger partial charge in [0.25, 0.3) is 0 Å². The first-order valence-corrected chi connectivity index (χ1v) is 5.80. The number of aryl methyl sites for hydroxylation is 1. The zero-order valence-electron chi connectivity index (χ0n) is 10.3. The van der Waals surface area contributed by atoms with Gasteiger partial charge in [-0.3, -0.25) is 4.79 Å². The topological polar surface area (TPSA) is 43.1 Å². The van der Waals surface area contributed by atoms with Gasteiger partial charge in [0.1, 0.15) is 0 Å². The Labute approximate surface area is 107 Å². The molecule has 2 aromatic rings. The van der Waals surface area contributed by atoms with Crippen molar-refractivity contribution in [1.29, 1.82) is 0 Å². The van der Waals surface area contributed by atoms with E-state index in [0.717, 1.165) is 11.1 Å². The predicted octanol–water partition coefficient (Wildman–Crippen LogP) is 3.16. The first-order valence-electron chi connectivity index (χ1n) is 5.80. The normalized spacial score (nSPS) is 10.7. The SMILES string of the molecule is Cc1ccc(-c2ccc(/C=C\C(N)=O)cc2)cc1. The molecule has 90 valence electrons. The molecule has 2 heteroatoms. The molecule has 2 nitrogen and oxygen atoms in total. The summed E-state index contributed by atoms with van der Waals surface area (Å²) in [6.07, 6.45) is 3.07. The van der Waals surface area contributed by atoms with Crippen molar-refractivity contribution >= 4 is 12.0 Å². The zero-order chi connectivity index (χ0) is 13.0. The summed E-state index contributed by atoms with van der Waals surface area (Å²) < 4.78 is 0. The molecule has 0 atom stereocenters. The fourth-order valence-corrected chi connectivity index (χ4v) is 1.71. The number of primary amides is 1. The Morgan fingerprint density at radius 2 is 1.44 bits per heavy atom. The lowest BCUT2D eigenvalue weighted by Crippen LogP contribution is -2.04. The molecular weight excluding hydrogens is 222 g/mol. The number of hydrogen-bond acceptors (Lipinski definition) is 1. The third-order valence-corrected chi connectivity index (χ3v) is 2.74. The van der Waals surface area contributed by atoms with Crippen LogP contribution in [0.2, 0.25) is 0 Å². The van der Waals surface area contributed by atoms with E-state index in [0.29, 0.717) is 0 Å². The number of carbonyl (C=O) groups is 1. The molecule has 1 amide bonds. The quantitative estimate of drug-likeness (QED) is 0.819. The van der Waals surface area contributed by atoms with Gasteiger partial charge >= 0.3 is 0 Å². The van der Waals surface area contributed by atoms with E-state index in [4.69, 9.17) is 5.73 Å². The number of carbonyl (C=O) groups excluding carboxylic acids is 1. The summed E-state index contributed by atoms with van der Waals surface area (Å²) in [6, 6.07) is 16.4. The molecule has 0 spiro atoms. The van der Waals surface area contributed by atoms with Crippen LogP contribution in [0, 0.1) is 6.92 Å². The van der Waals surface area contributed by atoms with Crippen molar-refractivity contribution in [1.82, 2.24) is 0 Å². The van der Waals surface area contributed by atoms with Crippen LogP contribution in [0.15, 0.2) is 54.6 Å². The van der Waals surface area contributed by atoms with Gasteiger partial charge < -0.3 is 5.73 Å². The Morgan fingerprint density at radius 1 is 0.944 bits per heavy atom. The van der Waals surface area contributed by atoms with E-state index >= 15 is 0 Å². The van der Waals surface area contributed by atoms with Crippen molar-refractivity contribution < 1.29 is 4.79 Å². The van der Waals surface area contributed by atoms with Crippen molar-refractivity contribution in [3.05, 3.63) is 65.7 Å². The van der Waals surface area contributed by atoms with Crippen molar-refractivity contribution in [3.8, 4) is 11.1 Å². The molecule has 0 fully saturated rings. The van der Waals surface area contributed by atoms with E-state index in [1.807, 2.05) is 24.3 Å². The van der Waals surface area contributed by atoms with Gasteiger partial charge in [0.05, 0.1) is 0 Å². The lowest BCUT2D eigenvalue weighted by molar-refractivity contribution is -0.113. The van der Waals surface area contributed by atoms with E-state index < -0.39 is 5.91 Å². The van der Waals surface area contributed by atoms with Gasteiger partial charge in [-0.1, -0.05) is 54.1 Å². The smallest absolute Gasteiger partial charge is 0.241 e. The fourth-order valence-electron chi connectivity index (χ4n) is 1.71. The van der Waals surface area contributed by atoms with Crippen LogP contribution in [-0.2, 0) is 4.79 Å². The highest BCUT2D eigenvalue weighted by molar-refractivity contribution is 5.90. The third kappa shape index (κ3) is 3.08. The average molecular weight is 237 g/mol. The molecule has 2 aromatic carbocycles. The predicted molar refractivity (Wildman–Crippen MR) is 74.8 cm³/mol.